The van der Waals surface area contributed by atoms with E-state index < -0.39 is 0 Å². The molecule has 3 heterocycles. The number of nitrogens with zero attached hydrogens (tertiary/aromatic N) is 1. The Kier molecular flexibility index (Phi) is 3.63. The Morgan fingerprint density at radius 2 is 1.11 bits per heavy atom. The molecule has 0 radical (unpaired) electrons. The molecular weight excluding hydrogens is 432 g/mol. The molecule has 3 aromatic heterocycles. The zero-order chi connectivity index (χ0) is 22.9. The Bertz CT molecular complexity index is 1930. The first kappa shape index (κ1) is 18.6. The van der Waals surface area contributed by atoms with Crippen LogP contribution < -0.4 is 0 Å². The molecule has 0 saturated heterocycles. The van der Waals surface area contributed by atoms with Crippen LogP contribution in [-0.2, 0) is 0 Å². The van der Waals surface area contributed by atoms with Crippen molar-refractivity contribution in [3.63, 3.8) is 0 Å². The van der Waals surface area contributed by atoms with Gasteiger partial charge in [0.15, 0.2) is 0 Å². The van der Waals surface area contributed by atoms with Gasteiger partial charge in [-0.15, -0.1) is 0 Å². The molecule has 0 bridgehead atoms. The van der Waals surface area contributed by atoms with Crippen LogP contribution >= 0.6 is 0 Å². The fourth-order valence-electron chi connectivity index (χ4n) is 5.18. The number of aromatic nitrogens is 2. The van der Waals surface area contributed by atoms with Crippen molar-refractivity contribution >= 4 is 54.9 Å². The highest BCUT2D eigenvalue weighted by Crippen LogP contribution is 2.44. The average molecular weight is 450 g/mol. The van der Waals surface area contributed by atoms with Crippen LogP contribution in [0.5, 0.6) is 0 Å². The number of H-pyrrole nitrogens is 1. The molecule has 8 rings (SSSR count). The molecular formula is C31H18N2O2. The number of imidazole rings is 1. The Labute approximate surface area is 199 Å². The lowest BCUT2D eigenvalue weighted by molar-refractivity contribution is 0.658. The van der Waals surface area contributed by atoms with Gasteiger partial charge in [0.05, 0.1) is 16.6 Å². The van der Waals surface area contributed by atoms with E-state index in [4.69, 9.17) is 13.8 Å². The van der Waals surface area contributed by atoms with Crippen LogP contribution in [0.15, 0.2) is 112 Å². The molecule has 0 aliphatic rings. The first-order valence-electron chi connectivity index (χ1n) is 11.6. The number of furan rings is 2. The Morgan fingerprint density at radius 1 is 0.543 bits per heavy atom. The summed E-state index contributed by atoms with van der Waals surface area (Å²) in [4.78, 5) is 8.17. The van der Waals surface area contributed by atoms with Crippen LogP contribution in [0.25, 0.3) is 77.4 Å². The van der Waals surface area contributed by atoms with Gasteiger partial charge in [-0.2, -0.15) is 0 Å². The van der Waals surface area contributed by atoms with Crippen LogP contribution in [0.4, 0.5) is 0 Å². The van der Waals surface area contributed by atoms with E-state index in [1.54, 1.807) is 0 Å². The largest absolute Gasteiger partial charge is 0.455 e. The standard InChI is InChI=1S/C31H18N2O2/c1-5-11-26-20(7-1)22-17-23-21-8-2-6-12-27(21)35-30(23)28(29(22)34-26)18-13-15-19(16-14-18)31-32-24-9-3-4-10-25(24)33-31/h1-17H,(H,32,33). The van der Waals surface area contributed by atoms with Gasteiger partial charge in [-0.25, -0.2) is 4.98 Å². The van der Waals surface area contributed by atoms with Gasteiger partial charge in [-0.3, -0.25) is 0 Å². The minimum absolute atomic E-state index is 0.842. The maximum Gasteiger partial charge on any atom is 0.147 e. The third-order valence-electron chi connectivity index (χ3n) is 6.85. The summed E-state index contributed by atoms with van der Waals surface area (Å²) in [6.45, 7) is 0. The van der Waals surface area contributed by atoms with Crippen molar-refractivity contribution in [1.82, 2.24) is 9.97 Å². The molecule has 0 amide bonds. The summed E-state index contributed by atoms with van der Waals surface area (Å²) in [5.41, 5.74) is 8.47. The molecule has 4 heteroatoms. The second kappa shape index (κ2) is 6.84. The zero-order valence-corrected chi connectivity index (χ0v) is 18.6. The lowest BCUT2D eigenvalue weighted by Gasteiger charge is -2.06. The summed E-state index contributed by atoms with van der Waals surface area (Å²) in [5, 5.41) is 4.40. The van der Waals surface area contributed by atoms with Crippen LogP contribution in [0, 0.1) is 0 Å². The second-order valence-corrected chi connectivity index (χ2v) is 8.88. The lowest BCUT2D eigenvalue weighted by Crippen LogP contribution is -1.84. The first-order valence-corrected chi connectivity index (χ1v) is 11.6. The summed E-state index contributed by atoms with van der Waals surface area (Å²) in [7, 11) is 0. The molecule has 0 aliphatic heterocycles. The van der Waals surface area contributed by atoms with Crippen molar-refractivity contribution in [3.8, 4) is 22.5 Å². The van der Waals surface area contributed by atoms with Crippen molar-refractivity contribution in [1.29, 1.82) is 0 Å². The van der Waals surface area contributed by atoms with Gasteiger partial charge in [0, 0.05) is 27.1 Å². The molecule has 0 aliphatic carbocycles. The molecule has 4 nitrogen and oxygen atoms in total. The van der Waals surface area contributed by atoms with E-state index in [-0.39, 0.29) is 0 Å². The molecule has 0 saturated carbocycles. The van der Waals surface area contributed by atoms with Gasteiger partial charge in [0.25, 0.3) is 0 Å². The van der Waals surface area contributed by atoms with Crippen LogP contribution in [-0.4, -0.2) is 9.97 Å². The molecule has 1 N–H and O–H groups in total. The average Bonchev–Trinajstić information content (AvgIpc) is 3.60. The molecule has 0 unspecified atom stereocenters. The summed E-state index contributed by atoms with van der Waals surface area (Å²) < 4.78 is 12.8. The molecule has 35 heavy (non-hydrogen) atoms. The van der Waals surface area contributed by atoms with Crippen molar-refractivity contribution in [2.75, 3.05) is 0 Å². The normalized spacial score (nSPS) is 12.0. The Morgan fingerprint density at radius 3 is 1.77 bits per heavy atom. The quantitative estimate of drug-likeness (QED) is 0.286. The van der Waals surface area contributed by atoms with Crippen LogP contribution in [0.3, 0.4) is 0 Å². The van der Waals surface area contributed by atoms with Gasteiger partial charge in [0.1, 0.15) is 28.2 Å². The third kappa shape index (κ3) is 2.65. The van der Waals surface area contributed by atoms with E-state index in [2.05, 4.69) is 59.6 Å². The highest BCUT2D eigenvalue weighted by atomic mass is 16.3. The Hall–Kier alpha value is -4.83. The number of para-hydroxylation sites is 4. The smallest absolute Gasteiger partial charge is 0.147 e. The fourth-order valence-corrected chi connectivity index (χ4v) is 5.18. The maximum atomic E-state index is 6.42. The minimum Gasteiger partial charge on any atom is -0.455 e. The van der Waals surface area contributed by atoms with Crippen LogP contribution in [0.1, 0.15) is 0 Å². The van der Waals surface area contributed by atoms with E-state index in [1.807, 2.05) is 48.5 Å². The van der Waals surface area contributed by atoms with Crippen molar-refractivity contribution < 1.29 is 8.83 Å². The fraction of sp³-hybridized carbons (Fsp3) is 0. The van der Waals surface area contributed by atoms with Gasteiger partial charge < -0.3 is 13.8 Å². The number of aromatic amines is 1. The van der Waals surface area contributed by atoms with Gasteiger partial charge in [0.2, 0.25) is 0 Å². The predicted molar refractivity (Wildman–Crippen MR) is 142 cm³/mol. The van der Waals surface area contributed by atoms with Gasteiger partial charge in [-0.1, -0.05) is 72.8 Å². The number of fused-ring (bicyclic) bond motifs is 7. The summed E-state index contributed by atoms with van der Waals surface area (Å²) in [6.07, 6.45) is 0. The highest BCUT2D eigenvalue weighted by Gasteiger charge is 2.21. The zero-order valence-electron chi connectivity index (χ0n) is 18.6. The van der Waals surface area contributed by atoms with E-state index >= 15 is 0 Å². The van der Waals surface area contributed by atoms with Gasteiger partial charge >= 0.3 is 0 Å². The van der Waals surface area contributed by atoms with Crippen molar-refractivity contribution in [2.24, 2.45) is 0 Å². The molecule has 8 aromatic rings. The lowest BCUT2D eigenvalue weighted by atomic mass is 9.97. The first-order chi connectivity index (χ1) is 17.3. The number of hydrogen-bond donors (Lipinski definition) is 1. The number of rotatable bonds is 2. The van der Waals surface area contributed by atoms with Crippen LogP contribution in [0.2, 0.25) is 0 Å². The molecule has 5 aromatic carbocycles. The summed E-state index contributed by atoms with van der Waals surface area (Å²) >= 11 is 0. The topological polar surface area (TPSA) is 55.0 Å². The predicted octanol–water partition coefficient (Wildman–Crippen LogP) is 8.70. The van der Waals surface area contributed by atoms with Crippen molar-refractivity contribution in [2.45, 2.75) is 0 Å². The van der Waals surface area contributed by atoms with Crippen molar-refractivity contribution in [3.05, 3.63) is 103 Å². The molecule has 0 spiro atoms. The SMILES string of the molecule is c1ccc2[nH]c(-c3ccc(-c4c5oc6ccccc6c5cc5c4oc4ccccc45)cc3)nc2c1. The third-order valence-corrected chi connectivity index (χ3v) is 6.85. The minimum atomic E-state index is 0.842. The van der Waals surface area contributed by atoms with E-state index in [0.29, 0.717) is 0 Å². The summed E-state index contributed by atoms with van der Waals surface area (Å²) in [5.74, 6) is 0.855. The Balaban J connectivity index is 1.40. The second-order valence-electron chi connectivity index (χ2n) is 8.88. The maximum absolute atomic E-state index is 6.42. The number of hydrogen-bond acceptors (Lipinski definition) is 3. The molecule has 164 valence electrons. The highest BCUT2D eigenvalue weighted by molar-refractivity contribution is 6.21. The molecule has 0 fully saturated rings. The number of nitrogens with one attached hydrogen (secondary N) is 1. The van der Waals surface area contributed by atoms with Gasteiger partial charge in [-0.05, 0) is 35.9 Å². The monoisotopic (exact) mass is 450 g/mol. The number of benzene rings is 5. The summed E-state index contributed by atoms with van der Waals surface area (Å²) in [6, 6.07) is 35.1. The van der Waals surface area contributed by atoms with E-state index in [0.717, 1.165) is 77.4 Å². The molecule has 0 atom stereocenters. The van der Waals surface area contributed by atoms with E-state index in [1.165, 1.54) is 0 Å². The van der Waals surface area contributed by atoms with E-state index in [9.17, 15) is 0 Å².